The Morgan fingerprint density at radius 3 is 2.73 bits per heavy atom. The van der Waals surface area contributed by atoms with E-state index in [0.717, 1.165) is 5.01 Å². The van der Waals surface area contributed by atoms with Crippen molar-refractivity contribution in [3.8, 4) is 0 Å². The first-order chi connectivity index (χ1) is 7.00. The van der Waals surface area contributed by atoms with E-state index in [9.17, 15) is 4.79 Å². The van der Waals surface area contributed by atoms with E-state index in [2.05, 4.69) is 24.1 Å². The number of thiazole rings is 1. The van der Waals surface area contributed by atoms with Gasteiger partial charge in [-0.3, -0.25) is 10.1 Å². The van der Waals surface area contributed by atoms with Gasteiger partial charge in [-0.05, 0) is 12.8 Å². The van der Waals surface area contributed by atoms with Gasteiger partial charge in [0.1, 0.15) is 5.01 Å². The van der Waals surface area contributed by atoms with Crippen molar-refractivity contribution < 1.29 is 4.79 Å². The van der Waals surface area contributed by atoms with Crippen LogP contribution >= 0.6 is 11.3 Å². The Bertz CT molecular complexity index is 335. The Labute approximate surface area is 93.9 Å². The molecular formula is C10H17N3OS. The van der Waals surface area contributed by atoms with Crippen molar-refractivity contribution in [2.24, 2.45) is 5.73 Å². The number of nitrogens with one attached hydrogen (secondary N) is 1. The third-order valence-electron chi connectivity index (χ3n) is 2.13. The van der Waals surface area contributed by atoms with Gasteiger partial charge in [0, 0.05) is 17.6 Å². The van der Waals surface area contributed by atoms with Gasteiger partial charge in [0.15, 0.2) is 0 Å². The van der Waals surface area contributed by atoms with Gasteiger partial charge >= 0.3 is 0 Å². The summed E-state index contributed by atoms with van der Waals surface area (Å²) in [6, 6.07) is -0.309. The molecule has 15 heavy (non-hydrogen) atoms. The van der Waals surface area contributed by atoms with Crippen molar-refractivity contribution in [1.82, 2.24) is 10.3 Å². The second-order valence-electron chi connectivity index (χ2n) is 3.82. The third kappa shape index (κ3) is 3.60. The summed E-state index contributed by atoms with van der Waals surface area (Å²) in [4.78, 5) is 16.3. The maximum Gasteiger partial charge on any atom is 0.234 e. The quantitative estimate of drug-likeness (QED) is 0.795. The molecule has 0 radical (unpaired) electrons. The molecule has 1 amide bonds. The lowest BCUT2D eigenvalue weighted by atomic mass is 10.2. The van der Waals surface area contributed by atoms with Crippen molar-refractivity contribution in [1.29, 1.82) is 0 Å². The molecule has 1 atom stereocenters. The van der Waals surface area contributed by atoms with Gasteiger partial charge in [0.2, 0.25) is 5.91 Å². The van der Waals surface area contributed by atoms with E-state index in [1.807, 2.05) is 6.20 Å². The standard InChI is InChI=1S/C10H17N3OS/c1-6(2)8-4-13-9(15-8)5-12-7(3)10(11)14/h4,6-7,12H,5H2,1-3H3,(H2,11,14). The van der Waals surface area contributed by atoms with Crippen LogP contribution in [0.2, 0.25) is 0 Å². The highest BCUT2D eigenvalue weighted by atomic mass is 32.1. The molecule has 3 N–H and O–H groups in total. The van der Waals surface area contributed by atoms with Crippen molar-refractivity contribution in [3.05, 3.63) is 16.1 Å². The first-order valence-electron chi connectivity index (χ1n) is 4.98. The lowest BCUT2D eigenvalue weighted by Gasteiger charge is -2.07. The van der Waals surface area contributed by atoms with Crippen molar-refractivity contribution in [2.45, 2.75) is 39.3 Å². The number of primary amides is 1. The van der Waals surface area contributed by atoms with E-state index < -0.39 is 0 Å². The van der Waals surface area contributed by atoms with Crippen LogP contribution in [0.4, 0.5) is 0 Å². The molecule has 0 saturated carbocycles. The molecule has 1 unspecified atom stereocenters. The van der Waals surface area contributed by atoms with Crippen LogP contribution in [0.5, 0.6) is 0 Å². The summed E-state index contributed by atoms with van der Waals surface area (Å²) in [5, 5.41) is 4.02. The maximum atomic E-state index is 10.8. The second-order valence-corrected chi connectivity index (χ2v) is 4.96. The normalized spacial score (nSPS) is 13.1. The smallest absolute Gasteiger partial charge is 0.234 e. The van der Waals surface area contributed by atoms with Gasteiger partial charge in [-0.15, -0.1) is 11.3 Å². The predicted molar refractivity (Wildman–Crippen MR) is 61.7 cm³/mol. The van der Waals surface area contributed by atoms with Crippen LogP contribution in [0.15, 0.2) is 6.20 Å². The van der Waals surface area contributed by atoms with Gasteiger partial charge < -0.3 is 5.73 Å². The molecule has 0 aliphatic rings. The molecule has 1 heterocycles. The summed E-state index contributed by atoms with van der Waals surface area (Å²) in [6.07, 6.45) is 1.89. The topological polar surface area (TPSA) is 68.0 Å². The highest BCUT2D eigenvalue weighted by molar-refractivity contribution is 7.11. The monoisotopic (exact) mass is 227 g/mol. The zero-order chi connectivity index (χ0) is 11.4. The fraction of sp³-hybridized carbons (Fsp3) is 0.600. The van der Waals surface area contributed by atoms with E-state index in [0.29, 0.717) is 12.5 Å². The number of hydrogen-bond acceptors (Lipinski definition) is 4. The second kappa shape index (κ2) is 5.23. The molecule has 0 aromatic carbocycles. The zero-order valence-corrected chi connectivity index (χ0v) is 10.1. The highest BCUT2D eigenvalue weighted by Crippen LogP contribution is 2.21. The van der Waals surface area contributed by atoms with E-state index >= 15 is 0 Å². The number of rotatable bonds is 5. The summed E-state index contributed by atoms with van der Waals surface area (Å²) >= 11 is 1.67. The van der Waals surface area contributed by atoms with Crippen LogP contribution in [0.3, 0.4) is 0 Å². The fourth-order valence-corrected chi connectivity index (χ4v) is 1.89. The molecule has 84 valence electrons. The number of nitrogens with zero attached hydrogens (tertiary/aromatic N) is 1. The van der Waals surface area contributed by atoms with Gasteiger partial charge in [0.05, 0.1) is 6.04 Å². The SMILES string of the molecule is CC(NCc1ncc(C(C)C)s1)C(N)=O. The molecule has 0 spiro atoms. The predicted octanol–water partition coefficient (Wildman–Crippen LogP) is 1.23. The van der Waals surface area contributed by atoms with E-state index in [-0.39, 0.29) is 11.9 Å². The van der Waals surface area contributed by atoms with Crippen LogP contribution in [0.1, 0.15) is 36.6 Å². The first kappa shape index (κ1) is 12.1. The van der Waals surface area contributed by atoms with E-state index in [1.54, 1.807) is 18.3 Å². The molecule has 1 rings (SSSR count). The number of carbonyl (C=O) groups excluding carboxylic acids is 1. The lowest BCUT2D eigenvalue weighted by molar-refractivity contribution is -0.119. The summed E-state index contributed by atoms with van der Waals surface area (Å²) in [6.45, 7) is 6.62. The molecule has 4 nitrogen and oxygen atoms in total. The zero-order valence-electron chi connectivity index (χ0n) is 9.28. The van der Waals surface area contributed by atoms with Gasteiger partial charge in [-0.1, -0.05) is 13.8 Å². The molecule has 5 heteroatoms. The van der Waals surface area contributed by atoms with E-state index in [4.69, 9.17) is 5.73 Å². The average Bonchev–Trinajstić information content (AvgIpc) is 2.62. The highest BCUT2D eigenvalue weighted by Gasteiger charge is 2.09. The number of amides is 1. The minimum atomic E-state index is -0.337. The first-order valence-corrected chi connectivity index (χ1v) is 5.79. The molecule has 1 aromatic heterocycles. The Morgan fingerprint density at radius 1 is 1.60 bits per heavy atom. The summed E-state index contributed by atoms with van der Waals surface area (Å²) < 4.78 is 0. The molecule has 0 aliphatic carbocycles. The van der Waals surface area contributed by atoms with Crippen molar-refractivity contribution >= 4 is 17.2 Å². The van der Waals surface area contributed by atoms with Crippen LogP contribution < -0.4 is 11.1 Å². The number of hydrogen-bond donors (Lipinski definition) is 2. The Morgan fingerprint density at radius 2 is 2.27 bits per heavy atom. The van der Waals surface area contributed by atoms with Crippen LogP contribution in [-0.2, 0) is 11.3 Å². The Balaban J connectivity index is 2.47. The number of nitrogens with two attached hydrogens (primary N) is 1. The van der Waals surface area contributed by atoms with Gasteiger partial charge in [-0.25, -0.2) is 4.98 Å². The molecule has 0 fully saturated rings. The van der Waals surface area contributed by atoms with E-state index in [1.165, 1.54) is 4.88 Å². The fourth-order valence-electron chi connectivity index (χ4n) is 1.01. The number of carbonyl (C=O) groups is 1. The minimum Gasteiger partial charge on any atom is -0.368 e. The molecular weight excluding hydrogens is 210 g/mol. The third-order valence-corrected chi connectivity index (χ3v) is 3.42. The number of aromatic nitrogens is 1. The summed E-state index contributed by atoms with van der Waals surface area (Å²) in [7, 11) is 0. The van der Waals surface area contributed by atoms with Gasteiger partial charge in [-0.2, -0.15) is 0 Å². The average molecular weight is 227 g/mol. The Kier molecular flexibility index (Phi) is 4.23. The van der Waals surface area contributed by atoms with Gasteiger partial charge in [0.25, 0.3) is 0 Å². The molecule has 0 saturated heterocycles. The van der Waals surface area contributed by atoms with Crippen molar-refractivity contribution in [3.63, 3.8) is 0 Å². The molecule has 0 bridgehead atoms. The maximum absolute atomic E-state index is 10.8. The van der Waals surface area contributed by atoms with Crippen LogP contribution in [0.25, 0.3) is 0 Å². The molecule has 0 aliphatic heterocycles. The minimum absolute atomic E-state index is 0.309. The largest absolute Gasteiger partial charge is 0.368 e. The van der Waals surface area contributed by atoms with Crippen molar-refractivity contribution in [2.75, 3.05) is 0 Å². The van der Waals surface area contributed by atoms with Crippen LogP contribution in [-0.4, -0.2) is 16.9 Å². The summed E-state index contributed by atoms with van der Waals surface area (Å²) in [5.41, 5.74) is 5.14. The van der Waals surface area contributed by atoms with Crippen LogP contribution in [0, 0.1) is 0 Å². The summed E-state index contributed by atoms with van der Waals surface area (Å²) in [5.74, 6) is 0.167. The Hall–Kier alpha value is -0.940. The lowest BCUT2D eigenvalue weighted by Crippen LogP contribution is -2.38. The molecule has 1 aromatic rings.